The summed E-state index contributed by atoms with van der Waals surface area (Å²) in [5, 5.41) is 7.20. The van der Waals surface area contributed by atoms with E-state index < -0.39 is 33.5 Å². The zero-order valence-electron chi connectivity index (χ0n) is 33.0. The van der Waals surface area contributed by atoms with Crippen LogP contribution in [0.1, 0.15) is 50.5 Å². The van der Waals surface area contributed by atoms with Crippen LogP contribution in [0.15, 0.2) is 91.4 Å². The van der Waals surface area contributed by atoms with Crippen molar-refractivity contribution < 1.29 is 26.8 Å². The van der Waals surface area contributed by atoms with Crippen LogP contribution in [0, 0.1) is 17.6 Å². The molecule has 1 atom stereocenters. The highest BCUT2D eigenvalue weighted by Gasteiger charge is 2.31. The van der Waals surface area contributed by atoms with Crippen molar-refractivity contribution >= 4 is 38.9 Å². The van der Waals surface area contributed by atoms with E-state index in [1.54, 1.807) is 48.4 Å². The van der Waals surface area contributed by atoms with E-state index in [1.807, 2.05) is 30.3 Å². The molecule has 5 heterocycles. The summed E-state index contributed by atoms with van der Waals surface area (Å²) in [5.41, 5.74) is 5.02. The molecule has 0 spiro atoms. The van der Waals surface area contributed by atoms with Gasteiger partial charge in [-0.1, -0.05) is 25.1 Å². The lowest BCUT2D eigenvalue weighted by molar-refractivity contribution is -0.134. The fraction of sp³-hybridized carbons (Fsp3) is 0.364. The molecule has 3 aromatic carbocycles. The van der Waals surface area contributed by atoms with E-state index >= 15 is 8.78 Å². The number of imide groups is 1. The van der Waals surface area contributed by atoms with Crippen LogP contribution < -0.4 is 19.8 Å². The molecule has 3 saturated heterocycles. The Morgan fingerprint density at radius 3 is 2.20 bits per heavy atom. The minimum atomic E-state index is -3.70. The van der Waals surface area contributed by atoms with Crippen LogP contribution in [-0.4, -0.2) is 91.5 Å². The Morgan fingerprint density at radius 1 is 0.814 bits per heavy atom. The molecule has 3 aliphatic heterocycles. The molecule has 0 radical (unpaired) electrons. The van der Waals surface area contributed by atoms with E-state index in [9.17, 15) is 18.0 Å². The fourth-order valence-electron chi connectivity index (χ4n) is 8.46. The number of amides is 2. The van der Waals surface area contributed by atoms with Crippen LogP contribution in [0.25, 0.3) is 28.1 Å². The third-order valence-electron chi connectivity index (χ3n) is 11.6. The molecule has 0 unspecified atom stereocenters. The highest BCUT2D eigenvalue weighted by molar-refractivity contribution is 7.92. The lowest BCUT2D eigenvalue weighted by Gasteiger charge is -2.40. The first-order valence-corrected chi connectivity index (χ1v) is 22.0. The van der Waals surface area contributed by atoms with Gasteiger partial charge in [0.25, 0.3) is 0 Å². The van der Waals surface area contributed by atoms with Gasteiger partial charge in [0.1, 0.15) is 11.5 Å². The number of benzene rings is 3. The van der Waals surface area contributed by atoms with Crippen molar-refractivity contribution in [1.82, 2.24) is 25.0 Å². The van der Waals surface area contributed by atoms with E-state index in [0.717, 1.165) is 81.3 Å². The number of piperazine rings is 1. The molecule has 2 N–H and O–H groups in total. The summed E-state index contributed by atoms with van der Waals surface area (Å²) in [4.78, 5) is 35.1. The third kappa shape index (κ3) is 9.00. The summed E-state index contributed by atoms with van der Waals surface area (Å²) in [7, 11) is -3.70. The first-order valence-electron chi connectivity index (χ1n) is 20.3. The maximum Gasteiger partial charge on any atom is 0.234 e. The zero-order valence-corrected chi connectivity index (χ0v) is 33.8. The number of halogens is 2. The Morgan fingerprint density at radius 2 is 1.51 bits per heavy atom. The smallest absolute Gasteiger partial charge is 0.234 e. The van der Waals surface area contributed by atoms with Gasteiger partial charge < -0.3 is 9.80 Å². The van der Waals surface area contributed by atoms with Gasteiger partial charge in [-0.15, -0.1) is 0 Å². The summed E-state index contributed by atoms with van der Waals surface area (Å²) in [6, 6.07) is 21.6. The number of sulfonamides is 1. The number of carbonyl (C=O) groups excluding carboxylic acids is 2. The van der Waals surface area contributed by atoms with Gasteiger partial charge in [0.05, 0.1) is 23.0 Å². The predicted molar refractivity (Wildman–Crippen MR) is 225 cm³/mol. The quantitative estimate of drug-likeness (QED) is 0.134. The van der Waals surface area contributed by atoms with Crippen LogP contribution >= 0.6 is 0 Å². The van der Waals surface area contributed by atoms with Gasteiger partial charge in [-0.2, -0.15) is 5.10 Å². The summed E-state index contributed by atoms with van der Waals surface area (Å²) in [6.07, 6.45) is 8.07. The van der Waals surface area contributed by atoms with Gasteiger partial charge in [-0.25, -0.2) is 21.9 Å². The maximum absolute atomic E-state index is 16.0. The van der Waals surface area contributed by atoms with Crippen molar-refractivity contribution in [3.8, 4) is 28.1 Å². The summed E-state index contributed by atoms with van der Waals surface area (Å²) >= 11 is 0. The van der Waals surface area contributed by atoms with Crippen LogP contribution in [0.2, 0.25) is 0 Å². The number of piperidine rings is 2. The van der Waals surface area contributed by atoms with Crippen LogP contribution in [0.4, 0.5) is 25.8 Å². The standard InChI is InChI=1S/C44H48F2N8O4S/c1-2-26-59(57,58)50-40-5-3-4-36(42(40)46)38-29-54(49-43(38)31-14-18-47-19-15-31)33-8-6-32(7-9-33)53-24-22-51(23-25-53)28-30-16-20-52(21-17-30)34-10-11-35(39(45)27-34)37-12-13-41(55)48-44(37)56/h3-11,14-15,18-19,27,29-30,37,50H,2,12-13,16-17,20-26,28H2,1H3,(H,48,55,56)/t37-/m0/s1. The second-order valence-electron chi connectivity index (χ2n) is 15.6. The molecule has 2 amide bonds. The molecular formula is C44H48F2N8O4S. The molecule has 308 valence electrons. The highest BCUT2D eigenvalue weighted by Crippen LogP contribution is 2.37. The highest BCUT2D eigenvalue weighted by atomic mass is 32.2. The second-order valence-corrected chi connectivity index (χ2v) is 17.4. The average Bonchev–Trinajstić information content (AvgIpc) is 3.68. The van der Waals surface area contributed by atoms with Crippen LogP contribution in [0.5, 0.6) is 0 Å². The number of anilines is 3. The Hall–Kier alpha value is -5.67. The SMILES string of the molecule is CCCS(=O)(=O)Nc1cccc(-c2cn(-c3ccc(N4CCN(CC5CCN(c6ccc([C@@H]7CCC(=O)NC7=O)c(F)c6)CC5)CC4)cc3)nc2-c2ccncc2)c1F. The first-order chi connectivity index (χ1) is 28.5. The monoisotopic (exact) mass is 822 g/mol. The molecule has 8 rings (SSSR count). The number of nitrogens with zero attached hydrogens (tertiary/aromatic N) is 6. The molecular weight excluding hydrogens is 775 g/mol. The molecule has 0 saturated carbocycles. The number of aromatic nitrogens is 3. The lowest BCUT2D eigenvalue weighted by Crippen LogP contribution is -2.49. The van der Waals surface area contributed by atoms with E-state index in [4.69, 9.17) is 5.10 Å². The molecule has 15 heteroatoms. The normalized spacial score (nSPS) is 18.3. The summed E-state index contributed by atoms with van der Waals surface area (Å²) < 4.78 is 60.3. The van der Waals surface area contributed by atoms with Crippen molar-refractivity contribution in [2.24, 2.45) is 5.92 Å². The number of pyridine rings is 1. The lowest BCUT2D eigenvalue weighted by atomic mass is 9.89. The van der Waals surface area contributed by atoms with Gasteiger partial charge in [-0.3, -0.25) is 29.5 Å². The average molecular weight is 823 g/mol. The van der Waals surface area contributed by atoms with Gasteiger partial charge >= 0.3 is 0 Å². The zero-order chi connectivity index (χ0) is 41.1. The topological polar surface area (TPSA) is 133 Å². The minimum absolute atomic E-state index is 0.107. The Kier molecular flexibility index (Phi) is 11.8. The number of hydrogen-bond donors (Lipinski definition) is 2. The number of rotatable bonds is 12. The van der Waals surface area contributed by atoms with E-state index in [-0.39, 0.29) is 29.3 Å². The van der Waals surface area contributed by atoms with Crippen molar-refractivity contribution in [3.63, 3.8) is 0 Å². The molecule has 12 nitrogen and oxygen atoms in total. The van der Waals surface area contributed by atoms with Crippen molar-refractivity contribution in [2.75, 3.05) is 66.1 Å². The molecule has 0 bridgehead atoms. The van der Waals surface area contributed by atoms with Crippen molar-refractivity contribution in [3.05, 3.63) is 109 Å². The van der Waals surface area contributed by atoms with E-state index in [0.29, 0.717) is 35.6 Å². The largest absolute Gasteiger partial charge is 0.371 e. The molecule has 5 aromatic rings. The number of carbonyl (C=O) groups is 2. The molecule has 59 heavy (non-hydrogen) atoms. The van der Waals surface area contributed by atoms with Gasteiger partial charge in [-0.05, 0) is 86.2 Å². The fourth-order valence-corrected chi connectivity index (χ4v) is 9.59. The second kappa shape index (κ2) is 17.3. The van der Waals surface area contributed by atoms with E-state index in [2.05, 4.69) is 41.9 Å². The van der Waals surface area contributed by atoms with Crippen molar-refractivity contribution in [1.29, 1.82) is 0 Å². The van der Waals surface area contributed by atoms with E-state index in [1.165, 1.54) is 12.1 Å². The molecule has 3 aliphatic rings. The molecule has 3 fully saturated rings. The minimum Gasteiger partial charge on any atom is -0.371 e. The summed E-state index contributed by atoms with van der Waals surface area (Å²) in [5.74, 6) is -1.99. The van der Waals surface area contributed by atoms with Crippen LogP contribution in [0.3, 0.4) is 0 Å². The van der Waals surface area contributed by atoms with Gasteiger partial charge in [0, 0.05) is 104 Å². The third-order valence-corrected chi connectivity index (χ3v) is 13.1. The molecule has 2 aromatic heterocycles. The molecule has 0 aliphatic carbocycles. The Labute approximate surface area is 343 Å². The van der Waals surface area contributed by atoms with Gasteiger partial charge in [0.15, 0.2) is 5.82 Å². The summed E-state index contributed by atoms with van der Waals surface area (Å²) in [6.45, 7) is 8.16. The Bertz CT molecular complexity index is 2410. The predicted octanol–water partition coefficient (Wildman–Crippen LogP) is 6.59. The maximum atomic E-state index is 16.0. The van der Waals surface area contributed by atoms with Crippen molar-refractivity contribution in [2.45, 2.75) is 44.9 Å². The Balaban J connectivity index is 0.877. The number of nitrogens with one attached hydrogen (secondary N) is 2. The number of hydrogen-bond acceptors (Lipinski definition) is 9. The first kappa shape index (κ1) is 40.1. The van der Waals surface area contributed by atoms with Gasteiger partial charge in [0.2, 0.25) is 21.8 Å². The van der Waals surface area contributed by atoms with Crippen LogP contribution in [-0.2, 0) is 19.6 Å².